The van der Waals surface area contributed by atoms with Gasteiger partial charge in [-0.2, -0.15) is 0 Å². The predicted octanol–water partition coefficient (Wildman–Crippen LogP) is 1.99. The number of carbonyl (C=O) groups excluding carboxylic acids is 2. The Morgan fingerprint density at radius 2 is 1.88 bits per heavy atom. The van der Waals surface area contributed by atoms with E-state index in [-0.39, 0.29) is 28.5 Å². The minimum Gasteiger partial charge on any atom is -0.342 e. The molecule has 136 valence electrons. The fraction of sp³-hybridized carbons (Fsp3) is 0.556. The highest BCUT2D eigenvalue weighted by atomic mass is 32.2. The minimum absolute atomic E-state index is 0.108. The summed E-state index contributed by atoms with van der Waals surface area (Å²) in [7, 11) is -3.27. The van der Waals surface area contributed by atoms with E-state index in [0.29, 0.717) is 17.8 Å². The molecule has 0 spiro atoms. The zero-order chi connectivity index (χ0) is 18.2. The maximum atomic E-state index is 12.6. The lowest BCUT2D eigenvalue weighted by Gasteiger charge is -2.32. The predicted molar refractivity (Wildman–Crippen MR) is 94.9 cm³/mol. The first kappa shape index (κ1) is 17.9. The molecule has 2 amide bonds. The Morgan fingerprint density at radius 1 is 1.16 bits per heavy atom. The normalized spacial score (nSPS) is 21.0. The quantitative estimate of drug-likeness (QED) is 0.885. The van der Waals surface area contributed by atoms with Crippen LogP contribution < -0.4 is 5.32 Å². The molecule has 1 saturated carbocycles. The van der Waals surface area contributed by atoms with Crippen molar-refractivity contribution in [3.8, 4) is 0 Å². The van der Waals surface area contributed by atoms with Gasteiger partial charge < -0.3 is 10.2 Å². The van der Waals surface area contributed by atoms with Crippen LogP contribution in [0.5, 0.6) is 0 Å². The lowest BCUT2D eigenvalue weighted by atomic mass is 9.96. The lowest BCUT2D eigenvalue weighted by Crippen LogP contribution is -2.44. The molecule has 6 nitrogen and oxygen atoms in total. The van der Waals surface area contributed by atoms with Gasteiger partial charge in [0.05, 0.1) is 10.8 Å². The molecule has 1 atom stereocenters. The van der Waals surface area contributed by atoms with Crippen molar-refractivity contribution in [2.75, 3.05) is 24.7 Å². The molecule has 1 aliphatic carbocycles. The van der Waals surface area contributed by atoms with Crippen LogP contribution in [-0.2, 0) is 19.4 Å². The summed E-state index contributed by atoms with van der Waals surface area (Å²) in [6.45, 7) is 2.98. The van der Waals surface area contributed by atoms with Crippen molar-refractivity contribution in [1.82, 2.24) is 4.90 Å². The zero-order valence-electron chi connectivity index (χ0n) is 14.6. The van der Waals surface area contributed by atoms with E-state index < -0.39 is 9.84 Å². The van der Waals surface area contributed by atoms with Crippen LogP contribution in [0.3, 0.4) is 0 Å². The highest BCUT2D eigenvalue weighted by Crippen LogP contribution is 2.32. The summed E-state index contributed by atoms with van der Waals surface area (Å²) in [5.41, 5.74) is 1.32. The number of piperidine rings is 1. The van der Waals surface area contributed by atoms with E-state index in [1.807, 2.05) is 4.90 Å². The Hall–Kier alpha value is -1.89. The summed E-state index contributed by atoms with van der Waals surface area (Å²) < 4.78 is 23.2. The molecule has 3 rings (SSSR count). The van der Waals surface area contributed by atoms with Gasteiger partial charge in [0.15, 0.2) is 9.84 Å². The van der Waals surface area contributed by atoms with Crippen LogP contribution in [0, 0.1) is 18.8 Å². The Kier molecular flexibility index (Phi) is 4.86. The second kappa shape index (κ2) is 6.78. The number of nitrogens with zero attached hydrogens (tertiary/aromatic N) is 1. The third-order valence-corrected chi connectivity index (χ3v) is 6.02. The summed E-state index contributed by atoms with van der Waals surface area (Å²) in [5.74, 6) is 0.0349. The molecule has 1 N–H and O–H groups in total. The van der Waals surface area contributed by atoms with Crippen LogP contribution in [0.15, 0.2) is 23.1 Å². The van der Waals surface area contributed by atoms with Crippen molar-refractivity contribution in [3.63, 3.8) is 0 Å². The molecule has 0 bridgehead atoms. The molecule has 2 aliphatic rings. The molecule has 1 heterocycles. The van der Waals surface area contributed by atoms with Crippen molar-refractivity contribution in [2.45, 2.75) is 37.5 Å². The topological polar surface area (TPSA) is 83.6 Å². The molecule has 1 aromatic rings. The van der Waals surface area contributed by atoms with Crippen LogP contribution in [0.1, 0.15) is 31.2 Å². The van der Waals surface area contributed by atoms with E-state index in [9.17, 15) is 18.0 Å². The van der Waals surface area contributed by atoms with Gasteiger partial charge >= 0.3 is 0 Å². The number of hydrogen-bond acceptors (Lipinski definition) is 4. The molecule has 1 aliphatic heterocycles. The summed E-state index contributed by atoms with van der Waals surface area (Å²) in [4.78, 5) is 26.9. The Morgan fingerprint density at radius 3 is 2.48 bits per heavy atom. The first-order valence-corrected chi connectivity index (χ1v) is 10.5. The average molecular weight is 364 g/mol. The Labute approximate surface area is 148 Å². The van der Waals surface area contributed by atoms with Crippen molar-refractivity contribution < 1.29 is 18.0 Å². The maximum Gasteiger partial charge on any atom is 0.229 e. The molecule has 0 radical (unpaired) electrons. The summed E-state index contributed by atoms with van der Waals surface area (Å²) in [6.07, 6.45) is 4.70. The standard InChI is InChI=1S/C18H24N2O4S/c1-12-10-15(25(2,23)24)7-8-16(12)19-17(21)14-4-3-9-20(11-14)18(22)13-5-6-13/h7-8,10,13-14H,3-6,9,11H2,1-2H3,(H,19,21). The molecule has 7 heteroatoms. The maximum absolute atomic E-state index is 12.6. The number of sulfone groups is 1. The summed E-state index contributed by atoms with van der Waals surface area (Å²) in [6, 6.07) is 4.69. The third kappa shape index (κ3) is 4.21. The van der Waals surface area contributed by atoms with E-state index in [2.05, 4.69) is 5.32 Å². The van der Waals surface area contributed by atoms with Crippen molar-refractivity contribution in [1.29, 1.82) is 0 Å². The van der Waals surface area contributed by atoms with Gasteiger partial charge in [-0.05, 0) is 56.4 Å². The van der Waals surface area contributed by atoms with Gasteiger partial charge in [0.2, 0.25) is 11.8 Å². The highest BCUT2D eigenvalue weighted by Gasteiger charge is 2.36. The van der Waals surface area contributed by atoms with Crippen LogP contribution in [0.2, 0.25) is 0 Å². The van der Waals surface area contributed by atoms with E-state index in [1.165, 1.54) is 6.07 Å². The molecular weight excluding hydrogens is 340 g/mol. The van der Waals surface area contributed by atoms with Crippen LogP contribution in [0.4, 0.5) is 5.69 Å². The fourth-order valence-electron chi connectivity index (χ4n) is 3.22. The van der Waals surface area contributed by atoms with Crippen molar-refractivity contribution >= 4 is 27.3 Å². The molecule has 1 aromatic carbocycles. The van der Waals surface area contributed by atoms with Gasteiger partial charge in [0, 0.05) is 31.0 Å². The monoisotopic (exact) mass is 364 g/mol. The number of hydrogen-bond donors (Lipinski definition) is 1. The largest absolute Gasteiger partial charge is 0.342 e. The third-order valence-electron chi connectivity index (χ3n) is 4.91. The second-order valence-corrected chi connectivity index (χ2v) is 9.15. The SMILES string of the molecule is Cc1cc(S(C)(=O)=O)ccc1NC(=O)C1CCCN(C(=O)C2CC2)C1. The van der Waals surface area contributed by atoms with Crippen LogP contribution in [-0.4, -0.2) is 44.5 Å². The smallest absolute Gasteiger partial charge is 0.229 e. The number of aryl methyl sites for hydroxylation is 1. The number of amides is 2. The summed E-state index contributed by atoms with van der Waals surface area (Å²) in [5, 5.41) is 2.89. The van der Waals surface area contributed by atoms with E-state index in [1.54, 1.807) is 19.1 Å². The number of benzene rings is 1. The van der Waals surface area contributed by atoms with Crippen LogP contribution >= 0.6 is 0 Å². The van der Waals surface area contributed by atoms with Crippen LogP contribution in [0.25, 0.3) is 0 Å². The number of rotatable bonds is 4. The second-order valence-electron chi connectivity index (χ2n) is 7.14. The lowest BCUT2D eigenvalue weighted by molar-refractivity contribution is -0.135. The Balaban J connectivity index is 1.66. The molecule has 2 fully saturated rings. The Bertz CT molecular complexity index is 799. The first-order chi connectivity index (χ1) is 11.8. The number of nitrogens with one attached hydrogen (secondary N) is 1. The van der Waals surface area contributed by atoms with Gasteiger partial charge in [-0.1, -0.05) is 0 Å². The highest BCUT2D eigenvalue weighted by molar-refractivity contribution is 7.90. The summed E-state index contributed by atoms with van der Waals surface area (Å²) >= 11 is 0. The molecule has 1 saturated heterocycles. The molecule has 25 heavy (non-hydrogen) atoms. The molecular formula is C18H24N2O4S. The van der Waals surface area contributed by atoms with E-state index >= 15 is 0 Å². The first-order valence-electron chi connectivity index (χ1n) is 8.66. The van der Waals surface area contributed by atoms with Crippen molar-refractivity contribution in [2.24, 2.45) is 11.8 Å². The van der Waals surface area contributed by atoms with Gasteiger partial charge in [-0.15, -0.1) is 0 Å². The van der Waals surface area contributed by atoms with E-state index in [0.717, 1.165) is 38.5 Å². The minimum atomic E-state index is -3.27. The number of carbonyl (C=O) groups is 2. The van der Waals surface area contributed by atoms with Gasteiger partial charge in [0.1, 0.15) is 0 Å². The number of likely N-dealkylation sites (tertiary alicyclic amines) is 1. The molecule has 0 aromatic heterocycles. The van der Waals surface area contributed by atoms with E-state index in [4.69, 9.17) is 0 Å². The molecule has 1 unspecified atom stereocenters. The zero-order valence-corrected chi connectivity index (χ0v) is 15.4. The average Bonchev–Trinajstić information content (AvgIpc) is 3.40. The van der Waals surface area contributed by atoms with Gasteiger partial charge in [0.25, 0.3) is 0 Å². The van der Waals surface area contributed by atoms with Crippen molar-refractivity contribution in [3.05, 3.63) is 23.8 Å². The number of anilines is 1. The van der Waals surface area contributed by atoms with Gasteiger partial charge in [-0.25, -0.2) is 8.42 Å². The van der Waals surface area contributed by atoms with Gasteiger partial charge in [-0.3, -0.25) is 9.59 Å². The fourth-order valence-corrected chi connectivity index (χ4v) is 3.93.